The number of rotatable bonds is 6. The molecule has 0 radical (unpaired) electrons. The Morgan fingerprint density at radius 1 is 1.16 bits per heavy atom. The summed E-state index contributed by atoms with van der Waals surface area (Å²) in [6.45, 7) is 4.93. The summed E-state index contributed by atoms with van der Waals surface area (Å²) in [5.41, 5.74) is 5.09. The third-order valence-electron chi connectivity index (χ3n) is 5.96. The Hall–Kier alpha value is -2.42. The number of ether oxygens (including phenoxy) is 1. The van der Waals surface area contributed by atoms with Crippen molar-refractivity contribution in [3.8, 4) is 11.1 Å². The van der Waals surface area contributed by atoms with Gasteiger partial charge in [0.15, 0.2) is 0 Å². The molecule has 1 saturated heterocycles. The van der Waals surface area contributed by atoms with E-state index in [1.165, 1.54) is 0 Å². The highest BCUT2D eigenvalue weighted by Gasteiger charge is 2.33. The fourth-order valence-electron chi connectivity index (χ4n) is 4.47. The van der Waals surface area contributed by atoms with Gasteiger partial charge in [0, 0.05) is 38.1 Å². The highest BCUT2D eigenvalue weighted by Crippen LogP contribution is 2.33. The number of benzene rings is 2. The number of hydrogen-bond acceptors (Lipinski definition) is 5. The lowest BCUT2D eigenvalue weighted by Gasteiger charge is -2.32. The first kappa shape index (κ1) is 21.8. The van der Waals surface area contributed by atoms with Crippen LogP contribution in [0.4, 0.5) is 5.69 Å². The number of amides is 1. The molecule has 1 amide bonds. The molecular weight excluding hydrogens is 414 g/mol. The van der Waals surface area contributed by atoms with E-state index in [4.69, 9.17) is 4.74 Å². The zero-order valence-corrected chi connectivity index (χ0v) is 19.0. The maximum atomic E-state index is 13.1. The largest absolute Gasteiger partial charge is 0.381 e. The number of sulfonamides is 1. The molecule has 8 heteroatoms. The number of anilines is 1. The quantitative estimate of drug-likeness (QED) is 0.741. The lowest BCUT2D eigenvalue weighted by atomic mass is 9.96. The molecule has 2 aromatic rings. The molecule has 7 nitrogen and oxygen atoms in total. The second-order valence-corrected chi connectivity index (χ2v) is 10.3. The summed E-state index contributed by atoms with van der Waals surface area (Å²) in [6, 6.07) is 11.3. The van der Waals surface area contributed by atoms with Gasteiger partial charge < -0.3 is 4.74 Å². The number of nitrogens with zero attached hydrogens (tertiary/aromatic N) is 2. The molecule has 0 aromatic heterocycles. The minimum Gasteiger partial charge on any atom is -0.381 e. The molecule has 0 aliphatic carbocycles. The van der Waals surface area contributed by atoms with Crippen LogP contribution in [0.5, 0.6) is 0 Å². The van der Waals surface area contributed by atoms with Gasteiger partial charge in [0.1, 0.15) is 0 Å². The first-order chi connectivity index (χ1) is 14.7. The number of aryl methyl sites for hydroxylation is 1. The number of carbonyl (C=O) groups is 1. The Balaban J connectivity index is 1.57. The Labute approximate surface area is 184 Å². The molecular formula is C23H29N3O4S. The molecule has 166 valence electrons. The fourth-order valence-corrected chi connectivity index (χ4v) is 5.03. The summed E-state index contributed by atoms with van der Waals surface area (Å²) in [4.78, 5) is 13.1. The van der Waals surface area contributed by atoms with Gasteiger partial charge in [-0.1, -0.05) is 18.2 Å². The van der Waals surface area contributed by atoms with Crippen molar-refractivity contribution in [3.05, 3.63) is 53.1 Å². The summed E-state index contributed by atoms with van der Waals surface area (Å²) in [5.74, 6) is 0.582. The Morgan fingerprint density at radius 2 is 1.90 bits per heavy atom. The molecule has 31 heavy (non-hydrogen) atoms. The van der Waals surface area contributed by atoms with E-state index in [9.17, 15) is 13.2 Å². The SMILES string of the molecule is Cc1cc(-c2cccc(NS(C)(=O)=O)c2)cc2c1C(=O)N(N(C)CC1CCOCC1)C2. The lowest BCUT2D eigenvalue weighted by molar-refractivity contribution is -0.0168. The smallest absolute Gasteiger partial charge is 0.269 e. The zero-order valence-electron chi connectivity index (χ0n) is 18.2. The molecule has 2 aromatic carbocycles. The molecule has 0 atom stereocenters. The van der Waals surface area contributed by atoms with Crippen LogP contribution in [-0.2, 0) is 21.3 Å². The summed E-state index contributed by atoms with van der Waals surface area (Å²) in [5, 5.41) is 3.88. The van der Waals surface area contributed by atoms with Crippen molar-refractivity contribution in [1.82, 2.24) is 10.0 Å². The van der Waals surface area contributed by atoms with E-state index in [0.717, 1.165) is 66.7 Å². The van der Waals surface area contributed by atoms with E-state index in [0.29, 0.717) is 18.2 Å². The molecule has 0 spiro atoms. The highest BCUT2D eigenvalue weighted by atomic mass is 32.2. The van der Waals surface area contributed by atoms with Crippen molar-refractivity contribution >= 4 is 21.6 Å². The maximum Gasteiger partial charge on any atom is 0.269 e. The van der Waals surface area contributed by atoms with Crippen LogP contribution < -0.4 is 4.72 Å². The van der Waals surface area contributed by atoms with Crippen LogP contribution in [0.25, 0.3) is 11.1 Å². The second kappa shape index (κ2) is 8.61. The molecule has 0 bridgehead atoms. The Kier molecular flexibility index (Phi) is 6.05. The van der Waals surface area contributed by atoms with E-state index in [2.05, 4.69) is 4.72 Å². The molecule has 4 rings (SSSR count). The second-order valence-electron chi connectivity index (χ2n) is 8.54. The molecule has 2 aliphatic heterocycles. The highest BCUT2D eigenvalue weighted by molar-refractivity contribution is 7.92. The summed E-state index contributed by atoms with van der Waals surface area (Å²) < 4.78 is 31.1. The van der Waals surface area contributed by atoms with Crippen LogP contribution in [0.1, 0.15) is 34.3 Å². The van der Waals surface area contributed by atoms with Gasteiger partial charge in [-0.05, 0) is 66.1 Å². The first-order valence-electron chi connectivity index (χ1n) is 10.5. The summed E-state index contributed by atoms with van der Waals surface area (Å²) >= 11 is 0. The van der Waals surface area contributed by atoms with Crippen molar-refractivity contribution in [2.75, 3.05) is 37.8 Å². The number of carbonyl (C=O) groups excluding carboxylic acids is 1. The third-order valence-corrected chi connectivity index (χ3v) is 6.57. The van der Waals surface area contributed by atoms with Gasteiger partial charge in [0.2, 0.25) is 10.0 Å². The van der Waals surface area contributed by atoms with E-state index < -0.39 is 10.0 Å². The topological polar surface area (TPSA) is 79.0 Å². The average molecular weight is 444 g/mol. The van der Waals surface area contributed by atoms with E-state index in [1.807, 2.05) is 54.3 Å². The van der Waals surface area contributed by atoms with Gasteiger partial charge in [-0.2, -0.15) is 0 Å². The van der Waals surface area contributed by atoms with Crippen LogP contribution >= 0.6 is 0 Å². The molecule has 0 saturated carbocycles. The fraction of sp³-hybridized carbons (Fsp3) is 0.435. The van der Waals surface area contributed by atoms with Crippen molar-refractivity contribution in [2.24, 2.45) is 5.92 Å². The van der Waals surface area contributed by atoms with Gasteiger partial charge in [-0.25, -0.2) is 13.4 Å². The van der Waals surface area contributed by atoms with E-state index in [-0.39, 0.29) is 5.91 Å². The normalized spacial score (nSPS) is 17.3. The lowest BCUT2D eigenvalue weighted by Crippen LogP contribution is -2.43. The van der Waals surface area contributed by atoms with Gasteiger partial charge in [-0.3, -0.25) is 14.5 Å². The van der Waals surface area contributed by atoms with E-state index in [1.54, 1.807) is 6.07 Å². The first-order valence-corrected chi connectivity index (χ1v) is 12.4. The van der Waals surface area contributed by atoms with Crippen molar-refractivity contribution in [2.45, 2.75) is 26.3 Å². The molecule has 0 unspecified atom stereocenters. The van der Waals surface area contributed by atoms with Gasteiger partial charge in [0.25, 0.3) is 5.91 Å². The van der Waals surface area contributed by atoms with E-state index >= 15 is 0 Å². The predicted molar refractivity (Wildman–Crippen MR) is 121 cm³/mol. The minimum absolute atomic E-state index is 0.0427. The third kappa shape index (κ3) is 4.92. The van der Waals surface area contributed by atoms with Crippen LogP contribution in [0, 0.1) is 12.8 Å². The molecule has 2 heterocycles. The van der Waals surface area contributed by atoms with Gasteiger partial charge >= 0.3 is 0 Å². The Morgan fingerprint density at radius 3 is 2.61 bits per heavy atom. The number of nitrogens with one attached hydrogen (secondary N) is 1. The van der Waals surface area contributed by atoms with Gasteiger partial charge in [0.05, 0.1) is 12.8 Å². The van der Waals surface area contributed by atoms with Gasteiger partial charge in [-0.15, -0.1) is 0 Å². The predicted octanol–water partition coefficient (Wildman–Crippen LogP) is 3.26. The summed E-state index contributed by atoms with van der Waals surface area (Å²) in [6.07, 6.45) is 3.19. The minimum atomic E-state index is -3.34. The van der Waals surface area contributed by atoms with Crippen LogP contribution in [0.15, 0.2) is 36.4 Å². The summed E-state index contributed by atoms with van der Waals surface area (Å²) in [7, 11) is -1.36. The van der Waals surface area contributed by atoms with Crippen molar-refractivity contribution in [1.29, 1.82) is 0 Å². The number of fused-ring (bicyclic) bond motifs is 1. The standard InChI is InChI=1S/C23H29N3O4S/c1-16-11-19(18-5-4-6-21(13-18)24-31(3,28)29)12-20-15-26(23(27)22(16)20)25(2)14-17-7-9-30-10-8-17/h4-6,11-13,17,24H,7-10,14-15H2,1-3H3. The number of hydrogen-bond donors (Lipinski definition) is 1. The van der Waals surface area contributed by atoms with Crippen LogP contribution in [0.3, 0.4) is 0 Å². The van der Waals surface area contributed by atoms with Crippen molar-refractivity contribution < 1.29 is 17.9 Å². The molecule has 1 fully saturated rings. The molecule has 2 aliphatic rings. The monoisotopic (exact) mass is 443 g/mol. The molecule has 1 N–H and O–H groups in total. The Bertz CT molecular complexity index is 1090. The van der Waals surface area contributed by atoms with Crippen LogP contribution in [0.2, 0.25) is 0 Å². The van der Waals surface area contributed by atoms with Crippen LogP contribution in [-0.4, -0.2) is 57.4 Å². The number of hydrazine groups is 1. The van der Waals surface area contributed by atoms with Crippen molar-refractivity contribution in [3.63, 3.8) is 0 Å². The zero-order chi connectivity index (χ0) is 22.2. The average Bonchev–Trinajstić information content (AvgIpc) is 3.05. The maximum absolute atomic E-state index is 13.1.